The largest absolute Gasteiger partial charge is 0.384 e. The van der Waals surface area contributed by atoms with Crippen LogP contribution in [0.2, 0.25) is 0 Å². The van der Waals surface area contributed by atoms with Gasteiger partial charge in [0.25, 0.3) is 0 Å². The summed E-state index contributed by atoms with van der Waals surface area (Å²) in [6.07, 6.45) is 6.87. The van der Waals surface area contributed by atoms with Crippen molar-refractivity contribution in [1.82, 2.24) is 9.97 Å². The zero-order chi connectivity index (χ0) is 20.9. The topological polar surface area (TPSA) is 148 Å². The van der Waals surface area contributed by atoms with Crippen LogP contribution in [0.15, 0.2) is 79.3 Å². The molecule has 29 heavy (non-hydrogen) atoms. The summed E-state index contributed by atoms with van der Waals surface area (Å²) in [6, 6.07) is 20.5. The van der Waals surface area contributed by atoms with Crippen molar-refractivity contribution in [3.63, 3.8) is 0 Å². The molecular formula is C20H17ClN4O4. The predicted octanol–water partition coefficient (Wildman–Crippen LogP) is -1.68. The van der Waals surface area contributed by atoms with E-state index in [2.05, 4.69) is 69.4 Å². The molecule has 0 atom stereocenters. The first-order chi connectivity index (χ1) is 13.8. The molecule has 148 valence electrons. The van der Waals surface area contributed by atoms with E-state index in [-0.39, 0.29) is 0 Å². The number of nitrogens with zero attached hydrogens (tertiary/aromatic N) is 3. The molecule has 0 saturated heterocycles. The molecule has 0 radical (unpaired) electrons. The van der Waals surface area contributed by atoms with Gasteiger partial charge in [-0.3, -0.25) is 0 Å². The highest BCUT2D eigenvalue weighted by atomic mass is 35.7. The Kier molecular flexibility index (Phi) is 6.32. The molecule has 0 spiro atoms. The van der Waals surface area contributed by atoms with Crippen molar-refractivity contribution in [3.05, 3.63) is 90.4 Å². The quantitative estimate of drug-likeness (QED) is 0.395. The van der Waals surface area contributed by atoms with E-state index < -0.39 is 10.2 Å². The zero-order valence-electron chi connectivity index (χ0n) is 15.1. The number of aromatic nitrogens is 3. The second-order valence-corrected chi connectivity index (χ2v) is 6.89. The predicted molar refractivity (Wildman–Crippen MR) is 94.7 cm³/mol. The van der Waals surface area contributed by atoms with E-state index in [4.69, 9.17) is 24.4 Å². The molecule has 0 unspecified atom stereocenters. The van der Waals surface area contributed by atoms with Crippen LogP contribution < -0.4 is 28.9 Å². The van der Waals surface area contributed by atoms with Crippen LogP contribution in [0, 0.1) is 10.2 Å². The molecule has 3 aromatic heterocycles. The first-order valence-corrected chi connectivity index (χ1v) is 9.70. The minimum absolute atomic E-state index is 0.487. The van der Waals surface area contributed by atoms with Gasteiger partial charge in [-0.1, -0.05) is 30.3 Å². The van der Waals surface area contributed by atoms with Gasteiger partial charge in [0.15, 0.2) is 18.0 Å². The van der Waals surface area contributed by atoms with E-state index in [0.29, 0.717) is 11.5 Å². The zero-order valence-corrected chi connectivity index (χ0v) is 15.9. The lowest BCUT2D eigenvalue weighted by Gasteiger charge is -2.17. The van der Waals surface area contributed by atoms with Crippen LogP contribution in [0.3, 0.4) is 0 Å². The molecule has 9 heteroatoms. The highest BCUT2D eigenvalue weighted by Gasteiger charge is 2.09. The summed E-state index contributed by atoms with van der Waals surface area (Å²) in [5.74, 6) is 0.487. The van der Waals surface area contributed by atoms with E-state index >= 15 is 0 Å². The van der Waals surface area contributed by atoms with Crippen LogP contribution in [0.4, 0.5) is 5.82 Å². The van der Waals surface area contributed by atoms with Gasteiger partial charge in [-0.2, -0.15) is 4.57 Å². The minimum atomic E-state index is -4.94. The third kappa shape index (κ3) is 6.46. The lowest BCUT2D eigenvalue weighted by atomic mass is 10.1. The fraction of sp³-hybridized carbons (Fsp3) is 0.0500. The molecule has 0 fully saturated rings. The normalized spacial score (nSPS) is 11.0. The molecule has 0 aliphatic heterocycles. The lowest BCUT2D eigenvalue weighted by molar-refractivity contribution is -2.00. The maximum Gasteiger partial charge on any atom is 0.229 e. The third-order valence-electron chi connectivity index (χ3n) is 4.00. The first-order valence-electron chi connectivity index (χ1n) is 8.46. The molecule has 0 bridgehead atoms. The Labute approximate surface area is 168 Å². The maximum atomic E-state index is 8.49. The number of hydrogen-bond acceptors (Lipinski definition) is 7. The van der Waals surface area contributed by atoms with Crippen LogP contribution in [0.5, 0.6) is 0 Å². The maximum absolute atomic E-state index is 8.49. The van der Waals surface area contributed by atoms with E-state index in [1.807, 2.05) is 18.3 Å². The Bertz CT molecular complexity index is 1080. The van der Waals surface area contributed by atoms with Crippen molar-refractivity contribution >= 4 is 16.9 Å². The molecule has 3 heterocycles. The van der Waals surface area contributed by atoms with Crippen molar-refractivity contribution < 1.29 is 33.4 Å². The molecular weight excluding hydrogens is 396 g/mol. The van der Waals surface area contributed by atoms with Crippen molar-refractivity contribution in [2.75, 3.05) is 5.73 Å². The van der Waals surface area contributed by atoms with E-state index in [1.165, 1.54) is 11.1 Å². The van der Waals surface area contributed by atoms with E-state index in [0.717, 1.165) is 17.5 Å². The van der Waals surface area contributed by atoms with Crippen LogP contribution in [-0.2, 0) is 6.42 Å². The number of anilines is 1. The van der Waals surface area contributed by atoms with Crippen molar-refractivity contribution in [1.29, 1.82) is 0 Å². The minimum Gasteiger partial charge on any atom is -0.384 e. The Balaban J connectivity index is 0.000000431. The van der Waals surface area contributed by atoms with E-state index in [9.17, 15) is 0 Å². The Morgan fingerprint density at radius 1 is 0.862 bits per heavy atom. The Hall–Kier alpha value is -3.14. The average Bonchev–Trinajstić information content (AvgIpc) is 2.68. The van der Waals surface area contributed by atoms with Gasteiger partial charge in [-0.05, 0) is 29.7 Å². The van der Waals surface area contributed by atoms with Crippen LogP contribution >= 0.6 is 0 Å². The fourth-order valence-electron chi connectivity index (χ4n) is 2.73. The van der Waals surface area contributed by atoms with Gasteiger partial charge in [0.1, 0.15) is 12.0 Å². The number of nitrogen functional groups attached to an aromatic ring is 1. The van der Waals surface area contributed by atoms with Gasteiger partial charge in [0.2, 0.25) is 5.69 Å². The van der Waals surface area contributed by atoms with Crippen LogP contribution in [-0.4, -0.2) is 9.97 Å². The van der Waals surface area contributed by atoms with Crippen molar-refractivity contribution in [3.8, 4) is 5.69 Å². The molecule has 2 N–H and O–H groups in total. The molecule has 0 aliphatic carbocycles. The summed E-state index contributed by atoms with van der Waals surface area (Å²) in [5.41, 5.74) is 9.95. The standard InChI is InChI=1S/C20H17N4.ClHO4/c21-19-7-6-17-13-18(14-22-20(17)23-19)24-10-8-16(9-11-24)12-15-4-2-1-3-5-15;2-1(3,4)5/h1-11,13-14H,12H2,(H2,21,22,23);(H,2,3,4,5)/q+1;/p-1. The number of nitrogens with two attached hydrogens (primary N) is 1. The van der Waals surface area contributed by atoms with E-state index in [1.54, 1.807) is 6.07 Å². The summed E-state index contributed by atoms with van der Waals surface area (Å²) in [5, 5.41) is 0.975. The molecule has 0 amide bonds. The number of benzene rings is 1. The molecule has 8 nitrogen and oxygen atoms in total. The summed E-state index contributed by atoms with van der Waals surface area (Å²) in [4.78, 5) is 8.63. The summed E-state index contributed by atoms with van der Waals surface area (Å²) in [6.45, 7) is 0. The number of pyridine rings is 3. The van der Waals surface area contributed by atoms with Crippen molar-refractivity contribution in [2.24, 2.45) is 0 Å². The molecule has 4 rings (SSSR count). The Morgan fingerprint density at radius 2 is 1.48 bits per heavy atom. The molecule has 1 aromatic carbocycles. The third-order valence-corrected chi connectivity index (χ3v) is 4.00. The van der Waals surface area contributed by atoms with Gasteiger partial charge in [-0.25, -0.2) is 28.6 Å². The second-order valence-electron chi connectivity index (χ2n) is 6.13. The summed E-state index contributed by atoms with van der Waals surface area (Å²) < 4.78 is 36.0. The average molecular weight is 413 g/mol. The van der Waals surface area contributed by atoms with Crippen molar-refractivity contribution in [2.45, 2.75) is 6.42 Å². The lowest BCUT2D eigenvalue weighted by Crippen LogP contribution is -2.68. The van der Waals surface area contributed by atoms with Gasteiger partial charge in [0, 0.05) is 23.6 Å². The second kappa shape index (κ2) is 8.91. The first kappa shape index (κ1) is 20.6. The molecule has 0 aliphatic rings. The SMILES string of the molecule is Nc1ccc2cc(-[n+]3ccc(Cc4ccccc4)cc3)cnc2n1.[O-][Cl+3]([O-])([O-])[O-]. The summed E-state index contributed by atoms with van der Waals surface area (Å²) in [7, 11) is -4.94. The smallest absolute Gasteiger partial charge is 0.229 e. The Morgan fingerprint density at radius 3 is 2.14 bits per heavy atom. The highest BCUT2D eigenvalue weighted by Crippen LogP contribution is 2.13. The van der Waals surface area contributed by atoms with Crippen LogP contribution in [0.1, 0.15) is 11.1 Å². The van der Waals surface area contributed by atoms with Gasteiger partial charge >= 0.3 is 0 Å². The van der Waals surface area contributed by atoms with Gasteiger partial charge < -0.3 is 5.73 Å². The monoisotopic (exact) mass is 412 g/mol. The van der Waals surface area contributed by atoms with Gasteiger partial charge in [0.05, 0.1) is 0 Å². The molecule has 0 saturated carbocycles. The summed E-state index contributed by atoms with van der Waals surface area (Å²) >= 11 is 0. The van der Waals surface area contributed by atoms with Crippen LogP contribution in [0.25, 0.3) is 16.7 Å². The fourth-order valence-corrected chi connectivity index (χ4v) is 2.73. The van der Waals surface area contributed by atoms with Gasteiger partial charge in [-0.15, -0.1) is 10.2 Å². The number of fused-ring (bicyclic) bond motifs is 1. The molecule has 4 aromatic rings. The number of rotatable bonds is 3. The number of hydrogen-bond donors (Lipinski definition) is 1. The highest BCUT2D eigenvalue weighted by molar-refractivity contribution is 5.77. The number of halogens is 1.